The van der Waals surface area contributed by atoms with Crippen molar-refractivity contribution in [1.29, 1.82) is 0 Å². The highest BCUT2D eigenvalue weighted by Crippen LogP contribution is 2.00. The van der Waals surface area contributed by atoms with Crippen molar-refractivity contribution in [3.63, 3.8) is 0 Å². The van der Waals surface area contributed by atoms with E-state index in [0.717, 1.165) is 6.42 Å². The molecule has 0 spiro atoms. The Bertz CT molecular complexity index is 232. The number of aliphatic hydroxyl groups excluding tert-OH is 1. The number of carboxylic acids is 1. The summed E-state index contributed by atoms with van der Waals surface area (Å²) in [5.74, 6) is -1.25. The molecule has 2 atom stereocenters. The van der Waals surface area contributed by atoms with Crippen LogP contribution >= 0.6 is 0 Å². The van der Waals surface area contributed by atoms with E-state index in [4.69, 9.17) is 10.2 Å². The van der Waals surface area contributed by atoms with Crippen LogP contribution in [-0.2, 0) is 4.79 Å². The van der Waals surface area contributed by atoms with Gasteiger partial charge in [-0.05, 0) is 13.3 Å². The first-order chi connectivity index (χ1) is 6.93. The van der Waals surface area contributed by atoms with Crippen LogP contribution in [0.5, 0.6) is 0 Å². The zero-order chi connectivity index (χ0) is 12.0. The van der Waals surface area contributed by atoms with Crippen molar-refractivity contribution in [3.8, 4) is 0 Å². The minimum atomic E-state index is -1.25. The topological polar surface area (TPSA) is 89.9 Å². The van der Waals surface area contributed by atoms with Crippen molar-refractivity contribution in [1.82, 2.24) is 10.2 Å². The van der Waals surface area contributed by atoms with Gasteiger partial charge in [0.1, 0.15) is 0 Å². The van der Waals surface area contributed by atoms with Crippen LogP contribution in [0.2, 0.25) is 0 Å². The Morgan fingerprint density at radius 2 is 2.00 bits per heavy atom. The number of rotatable bonds is 5. The highest BCUT2D eigenvalue weighted by atomic mass is 16.4. The van der Waals surface area contributed by atoms with Gasteiger partial charge in [0.2, 0.25) is 0 Å². The number of amides is 2. The number of carbonyl (C=O) groups excluding carboxylic acids is 1. The van der Waals surface area contributed by atoms with Crippen LogP contribution in [0.1, 0.15) is 20.3 Å². The van der Waals surface area contributed by atoms with Crippen LogP contribution in [-0.4, -0.2) is 52.9 Å². The molecule has 0 aromatic carbocycles. The van der Waals surface area contributed by atoms with E-state index in [-0.39, 0.29) is 6.04 Å². The monoisotopic (exact) mass is 218 g/mol. The Hall–Kier alpha value is -1.30. The van der Waals surface area contributed by atoms with E-state index in [2.05, 4.69) is 5.32 Å². The Morgan fingerprint density at radius 1 is 1.47 bits per heavy atom. The van der Waals surface area contributed by atoms with Crippen LogP contribution in [0.25, 0.3) is 0 Å². The Labute approximate surface area is 88.9 Å². The number of carbonyl (C=O) groups is 2. The van der Waals surface area contributed by atoms with Gasteiger partial charge in [0.25, 0.3) is 0 Å². The first-order valence-corrected chi connectivity index (χ1v) is 4.81. The summed E-state index contributed by atoms with van der Waals surface area (Å²) in [5, 5.41) is 19.5. The van der Waals surface area contributed by atoms with Crippen LogP contribution in [0.4, 0.5) is 4.79 Å². The van der Waals surface area contributed by atoms with E-state index in [9.17, 15) is 9.59 Å². The maximum absolute atomic E-state index is 11.5. The molecule has 0 aliphatic carbocycles. The molecule has 88 valence electrons. The summed E-state index contributed by atoms with van der Waals surface area (Å²) in [6.07, 6.45) is 0.779. The van der Waals surface area contributed by atoms with Gasteiger partial charge < -0.3 is 20.4 Å². The van der Waals surface area contributed by atoms with E-state index in [1.54, 1.807) is 7.05 Å². The molecular formula is C9H18N2O4. The number of urea groups is 1. The van der Waals surface area contributed by atoms with Crippen LogP contribution in [0.15, 0.2) is 0 Å². The molecule has 0 radical (unpaired) electrons. The summed E-state index contributed by atoms with van der Waals surface area (Å²) in [4.78, 5) is 23.4. The van der Waals surface area contributed by atoms with Crippen molar-refractivity contribution in [2.75, 3.05) is 13.7 Å². The van der Waals surface area contributed by atoms with Gasteiger partial charge in [-0.15, -0.1) is 0 Å². The Kier molecular flexibility index (Phi) is 5.69. The molecule has 2 amide bonds. The lowest BCUT2D eigenvalue weighted by molar-refractivity contribution is -0.140. The molecule has 0 rings (SSSR count). The van der Waals surface area contributed by atoms with Crippen molar-refractivity contribution < 1.29 is 19.8 Å². The molecule has 6 nitrogen and oxygen atoms in total. The Morgan fingerprint density at radius 3 is 2.33 bits per heavy atom. The van der Waals surface area contributed by atoms with E-state index < -0.39 is 24.6 Å². The molecule has 6 heteroatoms. The third-order valence-electron chi connectivity index (χ3n) is 2.35. The SMILES string of the molecule is CCC(C)N(C)C(=O)N[C@@H](CO)C(=O)O. The summed E-state index contributed by atoms with van der Waals surface area (Å²) >= 11 is 0. The number of carboxylic acid groups (broad SMARTS) is 1. The highest BCUT2D eigenvalue weighted by Gasteiger charge is 2.22. The van der Waals surface area contributed by atoms with Crippen LogP contribution < -0.4 is 5.32 Å². The van der Waals surface area contributed by atoms with Gasteiger partial charge in [-0.25, -0.2) is 9.59 Å². The molecule has 15 heavy (non-hydrogen) atoms. The lowest BCUT2D eigenvalue weighted by atomic mass is 10.2. The average Bonchev–Trinajstić information content (AvgIpc) is 2.22. The quantitative estimate of drug-likeness (QED) is 0.599. The van der Waals surface area contributed by atoms with E-state index in [0.29, 0.717) is 0 Å². The van der Waals surface area contributed by atoms with Crippen molar-refractivity contribution in [2.24, 2.45) is 0 Å². The fraction of sp³-hybridized carbons (Fsp3) is 0.778. The van der Waals surface area contributed by atoms with Gasteiger partial charge in [-0.1, -0.05) is 6.92 Å². The lowest BCUT2D eigenvalue weighted by Crippen LogP contribution is -2.50. The number of nitrogens with zero attached hydrogens (tertiary/aromatic N) is 1. The molecule has 0 saturated carbocycles. The van der Waals surface area contributed by atoms with Gasteiger partial charge in [0, 0.05) is 13.1 Å². The van der Waals surface area contributed by atoms with Crippen molar-refractivity contribution >= 4 is 12.0 Å². The van der Waals surface area contributed by atoms with Crippen LogP contribution in [0, 0.1) is 0 Å². The molecule has 0 aliphatic heterocycles. The first kappa shape index (κ1) is 13.7. The molecule has 0 saturated heterocycles. The third-order valence-corrected chi connectivity index (χ3v) is 2.35. The summed E-state index contributed by atoms with van der Waals surface area (Å²) in [7, 11) is 1.58. The number of aliphatic hydroxyl groups is 1. The number of aliphatic carboxylic acids is 1. The first-order valence-electron chi connectivity index (χ1n) is 4.81. The minimum absolute atomic E-state index is 0.0261. The second-order valence-electron chi connectivity index (χ2n) is 3.39. The number of hydrogen-bond donors (Lipinski definition) is 3. The molecule has 0 aromatic heterocycles. The molecule has 0 fully saturated rings. The summed E-state index contributed by atoms with van der Waals surface area (Å²) < 4.78 is 0. The summed E-state index contributed by atoms with van der Waals surface area (Å²) in [6, 6.07) is -1.71. The third kappa shape index (κ3) is 4.16. The van der Waals surface area contributed by atoms with E-state index >= 15 is 0 Å². The zero-order valence-corrected chi connectivity index (χ0v) is 9.23. The molecule has 0 aliphatic rings. The smallest absolute Gasteiger partial charge is 0.328 e. The van der Waals surface area contributed by atoms with Gasteiger partial charge in [-0.2, -0.15) is 0 Å². The summed E-state index contributed by atoms with van der Waals surface area (Å²) in [6.45, 7) is 3.17. The van der Waals surface area contributed by atoms with E-state index in [1.807, 2.05) is 13.8 Å². The molecule has 0 bridgehead atoms. The minimum Gasteiger partial charge on any atom is -0.480 e. The predicted molar refractivity (Wildman–Crippen MR) is 54.6 cm³/mol. The predicted octanol–water partition coefficient (Wildman–Crippen LogP) is -0.128. The number of nitrogens with one attached hydrogen (secondary N) is 1. The largest absolute Gasteiger partial charge is 0.480 e. The molecule has 0 aromatic rings. The molecular weight excluding hydrogens is 200 g/mol. The van der Waals surface area contributed by atoms with Crippen LogP contribution in [0.3, 0.4) is 0 Å². The second kappa shape index (κ2) is 6.23. The average molecular weight is 218 g/mol. The molecule has 1 unspecified atom stereocenters. The van der Waals surface area contributed by atoms with Gasteiger partial charge in [0.05, 0.1) is 6.61 Å². The van der Waals surface area contributed by atoms with Gasteiger partial charge in [0.15, 0.2) is 6.04 Å². The Balaban J connectivity index is 4.28. The summed E-state index contributed by atoms with van der Waals surface area (Å²) in [5.41, 5.74) is 0. The zero-order valence-electron chi connectivity index (χ0n) is 9.23. The standard InChI is InChI=1S/C9H18N2O4/c1-4-6(2)11(3)9(15)10-7(5-12)8(13)14/h6-7,12H,4-5H2,1-3H3,(H,10,15)(H,13,14)/t6?,7-/m0/s1. The second-order valence-corrected chi connectivity index (χ2v) is 3.39. The highest BCUT2D eigenvalue weighted by molar-refractivity contribution is 5.82. The molecule has 0 heterocycles. The molecule has 3 N–H and O–H groups in total. The fourth-order valence-electron chi connectivity index (χ4n) is 0.910. The van der Waals surface area contributed by atoms with E-state index in [1.165, 1.54) is 4.90 Å². The normalized spacial score (nSPS) is 14.1. The maximum Gasteiger partial charge on any atom is 0.328 e. The van der Waals surface area contributed by atoms with Crippen molar-refractivity contribution in [2.45, 2.75) is 32.4 Å². The fourth-order valence-corrected chi connectivity index (χ4v) is 0.910. The maximum atomic E-state index is 11.5. The van der Waals surface area contributed by atoms with Gasteiger partial charge in [-0.3, -0.25) is 0 Å². The lowest BCUT2D eigenvalue weighted by Gasteiger charge is -2.25. The van der Waals surface area contributed by atoms with Crippen molar-refractivity contribution in [3.05, 3.63) is 0 Å². The van der Waals surface area contributed by atoms with Gasteiger partial charge >= 0.3 is 12.0 Å². The number of hydrogen-bond acceptors (Lipinski definition) is 3.